The zero-order valence-corrected chi connectivity index (χ0v) is 16.8. The molecule has 9 nitrogen and oxygen atoms in total. The number of guanidine groups is 1. The van der Waals surface area contributed by atoms with Gasteiger partial charge in [0.05, 0.1) is 18.6 Å². The summed E-state index contributed by atoms with van der Waals surface area (Å²) in [5.74, 6) is -0.513. The normalized spacial score (nSPS) is 19.9. The molecule has 0 radical (unpaired) electrons. The van der Waals surface area contributed by atoms with E-state index >= 15 is 0 Å². The van der Waals surface area contributed by atoms with E-state index < -0.39 is 12.0 Å². The molecule has 9 heteroatoms. The predicted molar refractivity (Wildman–Crippen MR) is 109 cm³/mol. The number of aliphatic imine (C=N–C) groups is 1. The molecule has 29 heavy (non-hydrogen) atoms. The number of likely N-dealkylation sites (N-methyl/N-ethyl adjacent to an activating group) is 1. The number of ether oxygens (including phenoxy) is 1. The SMILES string of the molecule is CCOC(=O)c1ccc(NC(=O)C2CC(=O)NC(N3CCN(CC)CC3)=N2)cc1. The van der Waals surface area contributed by atoms with Crippen LogP contribution in [0, 0.1) is 0 Å². The zero-order chi connectivity index (χ0) is 20.8. The summed E-state index contributed by atoms with van der Waals surface area (Å²) >= 11 is 0. The van der Waals surface area contributed by atoms with E-state index in [1.54, 1.807) is 31.2 Å². The number of nitrogens with zero attached hydrogens (tertiary/aromatic N) is 3. The third-order valence-electron chi connectivity index (χ3n) is 4.99. The first-order valence-electron chi connectivity index (χ1n) is 9.93. The maximum atomic E-state index is 12.6. The third kappa shape index (κ3) is 5.32. The quantitative estimate of drug-likeness (QED) is 0.704. The summed E-state index contributed by atoms with van der Waals surface area (Å²) in [7, 11) is 0. The molecule has 1 fully saturated rings. The summed E-state index contributed by atoms with van der Waals surface area (Å²) in [6.45, 7) is 8.47. The van der Waals surface area contributed by atoms with Crippen LogP contribution in [-0.4, -0.2) is 78.9 Å². The minimum absolute atomic E-state index is 0.00513. The van der Waals surface area contributed by atoms with Crippen molar-refractivity contribution in [3.05, 3.63) is 29.8 Å². The average molecular weight is 401 g/mol. The third-order valence-corrected chi connectivity index (χ3v) is 4.99. The van der Waals surface area contributed by atoms with Crippen LogP contribution in [0.2, 0.25) is 0 Å². The number of anilines is 1. The van der Waals surface area contributed by atoms with E-state index in [0.717, 1.165) is 32.7 Å². The van der Waals surface area contributed by atoms with Gasteiger partial charge in [0.25, 0.3) is 0 Å². The van der Waals surface area contributed by atoms with E-state index in [1.807, 2.05) is 4.90 Å². The molecule has 3 rings (SSSR count). The molecule has 1 saturated heterocycles. The second-order valence-electron chi connectivity index (χ2n) is 6.93. The summed E-state index contributed by atoms with van der Waals surface area (Å²) < 4.78 is 4.94. The standard InChI is InChI=1S/C20H27N5O4/c1-3-24-9-11-25(12-10-24)20-22-16(13-17(26)23-20)18(27)21-15-7-5-14(6-8-15)19(28)29-4-2/h5-8,16H,3-4,9-13H2,1-2H3,(H,21,27)(H,22,23,26). The van der Waals surface area contributed by atoms with Gasteiger partial charge < -0.3 is 19.9 Å². The molecule has 0 spiro atoms. The molecule has 1 aromatic carbocycles. The highest BCUT2D eigenvalue weighted by Crippen LogP contribution is 2.14. The number of amides is 2. The molecule has 2 aliphatic heterocycles. The van der Waals surface area contributed by atoms with Crippen LogP contribution in [0.3, 0.4) is 0 Å². The van der Waals surface area contributed by atoms with Gasteiger partial charge in [0, 0.05) is 31.9 Å². The molecule has 1 atom stereocenters. The lowest BCUT2D eigenvalue weighted by Crippen LogP contribution is -2.56. The van der Waals surface area contributed by atoms with Gasteiger partial charge in [-0.05, 0) is 37.7 Å². The van der Waals surface area contributed by atoms with Crippen LogP contribution in [0.5, 0.6) is 0 Å². The fourth-order valence-corrected chi connectivity index (χ4v) is 3.29. The number of carbonyl (C=O) groups excluding carboxylic acids is 3. The van der Waals surface area contributed by atoms with Crippen LogP contribution in [0.4, 0.5) is 5.69 Å². The van der Waals surface area contributed by atoms with Crippen LogP contribution >= 0.6 is 0 Å². The Hall–Kier alpha value is -2.94. The second kappa shape index (κ2) is 9.51. The molecule has 2 aliphatic rings. The molecule has 0 aromatic heterocycles. The highest BCUT2D eigenvalue weighted by atomic mass is 16.5. The number of benzene rings is 1. The Morgan fingerprint density at radius 1 is 1.17 bits per heavy atom. The van der Waals surface area contributed by atoms with Gasteiger partial charge in [-0.15, -0.1) is 0 Å². The molecular formula is C20H27N5O4. The van der Waals surface area contributed by atoms with Crippen LogP contribution in [0.15, 0.2) is 29.3 Å². The van der Waals surface area contributed by atoms with Crippen molar-refractivity contribution >= 4 is 29.4 Å². The summed E-state index contributed by atoms with van der Waals surface area (Å²) in [6, 6.07) is 5.64. The van der Waals surface area contributed by atoms with Gasteiger partial charge in [0.2, 0.25) is 17.8 Å². The van der Waals surface area contributed by atoms with Crippen LogP contribution in [0.1, 0.15) is 30.6 Å². The summed E-state index contributed by atoms with van der Waals surface area (Å²) in [5, 5.41) is 5.55. The number of hydrogen-bond acceptors (Lipinski definition) is 7. The minimum atomic E-state index is -0.785. The Labute approximate surface area is 170 Å². The Morgan fingerprint density at radius 3 is 2.48 bits per heavy atom. The molecule has 1 aromatic rings. The fraction of sp³-hybridized carbons (Fsp3) is 0.500. The first kappa shape index (κ1) is 20.8. The molecule has 0 bridgehead atoms. The Balaban J connectivity index is 1.63. The van der Waals surface area contributed by atoms with Crippen molar-refractivity contribution in [2.75, 3.05) is 44.6 Å². The van der Waals surface area contributed by atoms with Crippen molar-refractivity contribution in [1.82, 2.24) is 15.1 Å². The van der Waals surface area contributed by atoms with Crippen molar-refractivity contribution < 1.29 is 19.1 Å². The van der Waals surface area contributed by atoms with Crippen molar-refractivity contribution in [2.45, 2.75) is 26.3 Å². The molecule has 156 valence electrons. The molecule has 1 unspecified atom stereocenters. The van der Waals surface area contributed by atoms with Crippen molar-refractivity contribution in [3.8, 4) is 0 Å². The summed E-state index contributed by atoms with van der Waals surface area (Å²) in [5.41, 5.74) is 0.941. The van der Waals surface area contributed by atoms with E-state index in [4.69, 9.17) is 4.74 Å². The monoisotopic (exact) mass is 401 g/mol. The van der Waals surface area contributed by atoms with Crippen molar-refractivity contribution in [2.24, 2.45) is 4.99 Å². The maximum absolute atomic E-state index is 12.6. The smallest absolute Gasteiger partial charge is 0.338 e. The van der Waals surface area contributed by atoms with Crippen molar-refractivity contribution in [1.29, 1.82) is 0 Å². The number of carbonyl (C=O) groups is 3. The van der Waals surface area contributed by atoms with Gasteiger partial charge in [0.1, 0.15) is 6.04 Å². The highest BCUT2D eigenvalue weighted by Gasteiger charge is 2.30. The first-order chi connectivity index (χ1) is 14.0. The van der Waals surface area contributed by atoms with E-state index in [1.165, 1.54) is 0 Å². The lowest BCUT2D eigenvalue weighted by molar-refractivity contribution is -0.125. The molecule has 0 aliphatic carbocycles. The Bertz CT molecular complexity index is 785. The van der Waals surface area contributed by atoms with Gasteiger partial charge in [-0.1, -0.05) is 6.92 Å². The van der Waals surface area contributed by atoms with Gasteiger partial charge in [0.15, 0.2) is 0 Å². The van der Waals surface area contributed by atoms with E-state index in [2.05, 4.69) is 27.4 Å². The van der Waals surface area contributed by atoms with Gasteiger partial charge in [-0.2, -0.15) is 0 Å². The van der Waals surface area contributed by atoms with E-state index in [0.29, 0.717) is 23.8 Å². The van der Waals surface area contributed by atoms with Gasteiger partial charge >= 0.3 is 5.97 Å². The Morgan fingerprint density at radius 2 is 1.86 bits per heavy atom. The average Bonchev–Trinajstić information content (AvgIpc) is 2.74. The number of hydrogen-bond donors (Lipinski definition) is 2. The number of esters is 1. The van der Waals surface area contributed by atoms with Crippen LogP contribution < -0.4 is 10.6 Å². The molecule has 0 saturated carbocycles. The van der Waals surface area contributed by atoms with Crippen LogP contribution in [0.25, 0.3) is 0 Å². The minimum Gasteiger partial charge on any atom is -0.462 e. The van der Waals surface area contributed by atoms with Gasteiger partial charge in [-0.3, -0.25) is 14.9 Å². The largest absolute Gasteiger partial charge is 0.462 e. The van der Waals surface area contributed by atoms with E-state index in [9.17, 15) is 14.4 Å². The topological polar surface area (TPSA) is 103 Å². The van der Waals surface area contributed by atoms with Crippen molar-refractivity contribution in [3.63, 3.8) is 0 Å². The summed E-state index contributed by atoms with van der Waals surface area (Å²) in [6.07, 6.45) is 0.00513. The van der Waals surface area contributed by atoms with Crippen LogP contribution in [-0.2, 0) is 14.3 Å². The van der Waals surface area contributed by atoms with Gasteiger partial charge in [-0.25, -0.2) is 9.79 Å². The highest BCUT2D eigenvalue weighted by molar-refractivity contribution is 6.06. The number of piperazine rings is 1. The zero-order valence-electron chi connectivity index (χ0n) is 16.8. The summed E-state index contributed by atoms with van der Waals surface area (Å²) in [4.78, 5) is 45.3. The number of nitrogens with one attached hydrogen (secondary N) is 2. The second-order valence-corrected chi connectivity index (χ2v) is 6.93. The number of rotatable bonds is 5. The van der Waals surface area contributed by atoms with E-state index in [-0.39, 0.29) is 18.2 Å². The molecule has 2 heterocycles. The fourth-order valence-electron chi connectivity index (χ4n) is 3.29. The lowest BCUT2D eigenvalue weighted by Gasteiger charge is -2.37. The molecule has 2 amide bonds. The first-order valence-corrected chi connectivity index (χ1v) is 9.93. The Kier molecular flexibility index (Phi) is 6.82. The predicted octanol–water partition coefficient (Wildman–Crippen LogP) is 0.684. The lowest BCUT2D eigenvalue weighted by atomic mass is 10.1. The maximum Gasteiger partial charge on any atom is 0.338 e. The molecule has 2 N–H and O–H groups in total. The molecular weight excluding hydrogens is 374 g/mol.